The van der Waals surface area contributed by atoms with Crippen LogP contribution >= 0.6 is 0 Å². The van der Waals surface area contributed by atoms with Crippen LogP contribution in [0, 0.1) is 20.2 Å². The van der Waals surface area contributed by atoms with E-state index < -0.39 is 15.5 Å². The fourth-order valence-electron chi connectivity index (χ4n) is 3.62. The van der Waals surface area contributed by atoms with E-state index in [9.17, 15) is 20.2 Å². The van der Waals surface area contributed by atoms with Gasteiger partial charge in [-0.3, -0.25) is 25.7 Å². The Balaban J connectivity index is 1.50. The number of non-ortho nitro benzene ring substituents is 1. The Morgan fingerprint density at radius 2 is 1.69 bits per heavy atom. The molecule has 1 N–H and O–H groups in total. The first-order valence-corrected chi connectivity index (χ1v) is 11.0. The van der Waals surface area contributed by atoms with Gasteiger partial charge in [-0.2, -0.15) is 5.10 Å². The van der Waals surface area contributed by atoms with E-state index >= 15 is 0 Å². The van der Waals surface area contributed by atoms with Crippen LogP contribution in [-0.2, 0) is 6.61 Å². The van der Waals surface area contributed by atoms with Gasteiger partial charge in [0.2, 0.25) is 0 Å². The van der Waals surface area contributed by atoms with E-state index in [4.69, 9.17) is 9.47 Å². The molecule has 4 aromatic rings. The Morgan fingerprint density at radius 1 is 0.889 bits per heavy atom. The van der Waals surface area contributed by atoms with Crippen LogP contribution in [0.3, 0.4) is 0 Å². The summed E-state index contributed by atoms with van der Waals surface area (Å²) in [5.41, 5.74) is 3.48. The molecule has 0 amide bonds. The van der Waals surface area contributed by atoms with Crippen LogP contribution in [0.4, 0.5) is 17.1 Å². The lowest BCUT2D eigenvalue weighted by Gasteiger charge is -2.13. The summed E-state index contributed by atoms with van der Waals surface area (Å²) in [6.07, 6.45) is 1.46. The first-order valence-electron chi connectivity index (χ1n) is 11.0. The van der Waals surface area contributed by atoms with Gasteiger partial charge in [-0.15, -0.1) is 0 Å². The maximum absolute atomic E-state index is 11.3. The molecule has 0 radical (unpaired) electrons. The number of anilines is 1. The quantitative estimate of drug-likeness (QED) is 0.163. The van der Waals surface area contributed by atoms with E-state index in [0.29, 0.717) is 30.3 Å². The number of nitrogens with one attached hydrogen (secondary N) is 1. The highest BCUT2D eigenvalue weighted by Crippen LogP contribution is 2.31. The van der Waals surface area contributed by atoms with Crippen molar-refractivity contribution >= 4 is 34.0 Å². The van der Waals surface area contributed by atoms with E-state index in [1.807, 2.05) is 31.2 Å². The summed E-state index contributed by atoms with van der Waals surface area (Å²) in [6.45, 7) is 2.66. The van der Waals surface area contributed by atoms with Crippen LogP contribution in [0.5, 0.6) is 11.5 Å². The summed E-state index contributed by atoms with van der Waals surface area (Å²) in [5, 5.41) is 28.5. The summed E-state index contributed by atoms with van der Waals surface area (Å²) in [4.78, 5) is 20.8. The molecule has 0 spiro atoms. The standard InChI is InChI=1S/C26H22N4O6/c1-2-35-26-14-18(16-27-28-23-12-11-21(29(31)32)15-24(23)30(33)34)10-13-25(26)36-17-20-8-5-7-19-6-3-4-9-22(19)20/h3-16,28H,2,17H2,1H3/b27-16-. The molecule has 0 heterocycles. The number of fused-ring (bicyclic) bond motifs is 1. The number of hydrogen-bond donors (Lipinski definition) is 1. The van der Waals surface area contributed by atoms with Crippen LogP contribution in [0.1, 0.15) is 18.1 Å². The molecule has 0 bridgehead atoms. The maximum atomic E-state index is 11.3. The van der Waals surface area contributed by atoms with Gasteiger partial charge >= 0.3 is 5.69 Å². The second kappa shape index (κ2) is 11.0. The lowest BCUT2D eigenvalue weighted by atomic mass is 10.1. The zero-order chi connectivity index (χ0) is 25.5. The minimum Gasteiger partial charge on any atom is -0.490 e. The number of hydrazone groups is 1. The number of hydrogen-bond acceptors (Lipinski definition) is 8. The highest BCUT2D eigenvalue weighted by Gasteiger charge is 2.19. The van der Waals surface area contributed by atoms with Gasteiger partial charge in [-0.05, 0) is 53.1 Å². The third kappa shape index (κ3) is 5.55. The summed E-state index contributed by atoms with van der Waals surface area (Å²) in [6, 6.07) is 22.7. The molecule has 10 heteroatoms. The third-order valence-electron chi connectivity index (χ3n) is 5.32. The number of rotatable bonds is 10. The van der Waals surface area contributed by atoms with Crippen molar-refractivity contribution in [1.82, 2.24) is 0 Å². The van der Waals surface area contributed by atoms with Crippen molar-refractivity contribution in [1.29, 1.82) is 0 Å². The number of nitro groups is 2. The van der Waals surface area contributed by atoms with Gasteiger partial charge in [-0.25, -0.2) is 0 Å². The van der Waals surface area contributed by atoms with Crippen LogP contribution in [0.15, 0.2) is 84.0 Å². The molecule has 0 atom stereocenters. The van der Waals surface area contributed by atoms with Crippen LogP contribution in [0.2, 0.25) is 0 Å². The average Bonchev–Trinajstić information content (AvgIpc) is 2.88. The van der Waals surface area contributed by atoms with Gasteiger partial charge in [0.05, 0.1) is 28.7 Å². The minimum atomic E-state index is -0.708. The monoisotopic (exact) mass is 486 g/mol. The number of nitro benzene ring substituents is 2. The molecule has 0 aliphatic rings. The van der Waals surface area contributed by atoms with Crippen LogP contribution < -0.4 is 14.9 Å². The van der Waals surface area contributed by atoms with E-state index in [-0.39, 0.29) is 11.4 Å². The van der Waals surface area contributed by atoms with Gasteiger partial charge in [0.1, 0.15) is 12.3 Å². The highest BCUT2D eigenvalue weighted by atomic mass is 16.6. The fourth-order valence-corrected chi connectivity index (χ4v) is 3.62. The van der Waals surface area contributed by atoms with Crippen molar-refractivity contribution in [3.8, 4) is 11.5 Å². The molecule has 4 aromatic carbocycles. The second-order valence-corrected chi connectivity index (χ2v) is 7.65. The molecule has 0 aliphatic carbocycles. The molecule has 0 saturated heterocycles. The number of nitrogens with zero attached hydrogens (tertiary/aromatic N) is 3. The summed E-state index contributed by atoms with van der Waals surface area (Å²) < 4.78 is 11.8. The first-order chi connectivity index (χ1) is 17.5. The Morgan fingerprint density at radius 3 is 2.47 bits per heavy atom. The average molecular weight is 486 g/mol. The van der Waals surface area contributed by atoms with Crippen LogP contribution in [0.25, 0.3) is 10.8 Å². The third-order valence-corrected chi connectivity index (χ3v) is 5.32. The summed E-state index contributed by atoms with van der Waals surface area (Å²) in [5.74, 6) is 1.10. The highest BCUT2D eigenvalue weighted by molar-refractivity contribution is 5.85. The molecular weight excluding hydrogens is 464 g/mol. The smallest absolute Gasteiger partial charge is 0.301 e. The van der Waals surface area contributed by atoms with Crippen molar-refractivity contribution in [2.75, 3.05) is 12.0 Å². The predicted molar refractivity (Wildman–Crippen MR) is 137 cm³/mol. The van der Waals surface area contributed by atoms with Crippen molar-refractivity contribution in [2.24, 2.45) is 5.10 Å². The van der Waals surface area contributed by atoms with Crippen molar-refractivity contribution in [3.63, 3.8) is 0 Å². The molecule has 0 aromatic heterocycles. The normalized spacial score (nSPS) is 10.9. The van der Waals surface area contributed by atoms with E-state index in [0.717, 1.165) is 22.4 Å². The van der Waals surface area contributed by atoms with Gasteiger partial charge in [-0.1, -0.05) is 42.5 Å². The summed E-state index contributed by atoms with van der Waals surface area (Å²) >= 11 is 0. The minimum absolute atomic E-state index is 0.0296. The predicted octanol–water partition coefficient (Wildman–Crippen LogP) is 6.08. The van der Waals surface area contributed by atoms with E-state index in [1.165, 1.54) is 18.3 Å². The Labute approximate surface area is 206 Å². The SMILES string of the molecule is CCOc1cc(/C=N\Nc2ccc([N+](=O)[O-])cc2[N+](=O)[O-])ccc1OCc1cccc2ccccc12. The second-order valence-electron chi connectivity index (χ2n) is 7.65. The molecule has 10 nitrogen and oxygen atoms in total. The molecular formula is C26H22N4O6. The maximum Gasteiger partial charge on any atom is 0.301 e. The van der Waals surface area contributed by atoms with Crippen LogP contribution in [-0.4, -0.2) is 22.7 Å². The first kappa shape index (κ1) is 24.1. The Kier molecular flexibility index (Phi) is 7.35. The molecule has 4 rings (SSSR count). The van der Waals surface area contributed by atoms with E-state index in [2.05, 4.69) is 28.7 Å². The molecule has 0 saturated carbocycles. The lowest BCUT2D eigenvalue weighted by Crippen LogP contribution is -2.01. The van der Waals surface area contributed by atoms with Gasteiger partial charge in [0, 0.05) is 6.07 Å². The van der Waals surface area contributed by atoms with E-state index in [1.54, 1.807) is 18.2 Å². The van der Waals surface area contributed by atoms with Crippen molar-refractivity contribution < 1.29 is 19.3 Å². The fraction of sp³-hybridized carbons (Fsp3) is 0.115. The largest absolute Gasteiger partial charge is 0.490 e. The lowest BCUT2D eigenvalue weighted by molar-refractivity contribution is -0.393. The zero-order valence-electron chi connectivity index (χ0n) is 19.3. The molecule has 36 heavy (non-hydrogen) atoms. The van der Waals surface area contributed by atoms with Gasteiger partial charge in [0.15, 0.2) is 11.5 Å². The topological polar surface area (TPSA) is 129 Å². The van der Waals surface area contributed by atoms with Crippen molar-refractivity contribution in [2.45, 2.75) is 13.5 Å². The Bertz CT molecular complexity index is 1450. The molecule has 0 fully saturated rings. The zero-order valence-corrected chi connectivity index (χ0v) is 19.3. The Hall–Kier alpha value is -4.99. The molecule has 0 aliphatic heterocycles. The molecule has 182 valence electrons. The molecule has 0 unspecified atom stereocenters. The number of benzene rings is 4. The van der Waals surface area contributed by atoms with Gasteiger partial charge < -0.3 is 9.47 Å². The number of ether oxygens (including phenoxy) is 2. The van der Waals surface area contributed by atoms with Crippen molar-refractivity contribution in [3.05, 3.63) is 110 Å². The summed E-state index contributed by atoms with van der Waals surface area (Å²) in [7, 11) is 0. The van der Waals surface area contributed by atoms with Gasteiger partial charge in [0.25, 0.3) is 5.69 Å².